The number of benzene rings is 1. The van der Waals surface area contributed by atoms with Crippen LogP contribution >= 0.6 is 0 Å². The molecule has 132 valence electrons. The van der Waals surface area contributed by atoms with Gasteiger partial charge in [0.25, 0.3) is 0 Å². The average molecular weight is 345 g/mol. The van der Waals surface area contributed by atoms with Gasteiger partial charge in [-0.15, -0.1) is 0 Å². The van der Waals surface area contributed by atoms with Crippen LogP contribution < -0.4 is 10.1 Å². The van der Waals surface area contributed by atoms with Gasteiger partial charge in [0.2, 0.25) is 5.91 Å². The number of aliphatic hydroxyl groups excluding tert-OH is 1. The van der Waals surface area contributed by atoms with E-state index in [4.69, 9.17) is 4.74 Å². The van der Waals surface area contributed by atoms with Crippen molar-refractivity contribution in [3.63, 3.8) is 0 Å². The molecule has 0 spiro atoms. The fraction of sp³-hybridized carbons (Fsp3) is 0.389. The van der Waals surface area contributed by atoms with E-state index in [9.17, 15) is 14.3 Å². The number of hydrogen-bond donors (Lipinski definition) is 2. The van der Waals surface area contributed by atoms with Crippen molar-refractivity contribution in [2.45, 2.75) is 31.4 Å². The van der Waals surface area contributed by atoms with Gasteiger partial charge in [-0.2, -0.15) is 0 Å². The fourth-order valence-corrected chi connectivity index (χ4v) is 3.11. The lowest BCUT2D eigenvalue weighted by molar-refractivity contribution is -0.122. The Kier molecular flexibility index (Phi) is 5.23. The van der Waals surface area contributed by atoms with Crippen LogP contribution in [0.3, 0.4) is 0 Å². The number of nitrogens with one attached hydrogen (secondary N) is 1. The van der Waals surface area contributed by atoms with Gasteiger partial charge in [-0.3, -0.25) is 14.8 Å². The van der Waals surface area contributed by atoms with Crippen LogP contribution in [-0.2, 0) is 11.2 Å². The van der Waals surface area contributed by atoms with E-state index >= 15 is 0 Å². The van der Waals surface area contributed by atoms with Crippen LogP contribution in [-0.4, -0.2) is 34.2 Å². The molecule has 0 bridgehead atoms. The smallest absolute Gasteiger partial charge is 0.226 e. The maximum atomic E-state index is 13.8. The summed E-state index contributed by atoms with van der Waals surface area (Å²) in [6.45, 7) is 0. The molecule has 1 heterocycles. The molecule has 0 radical (unpaired) electrons. The summed E-state index contributed by atoms with van der Waals surface area (Å²) in [6, 6.07) is 3.80. The van der Waals surface area contributed by atoms with E-state index in [0.717, 1.165) is 0 Å². The zero-order chi connectivity index (χ0) is 17.8. The van der Waals surface area contributed by atoms with Crippen molar-refractivity contribution >= 4 is 5.91 Å². The third kappa shape index (κ3) is 4.11. The molecular formula is C18H20FN3O3. The second-order valence-corrected chi connectivity index (χ2v) is 6.19. The highest BCUT2D eigenvalue weighted by Gasteiger charge is 2.37. The third-order valence-electron chi connectivity index (χ3n) is 4.42. The predicted molar refractivity (Wildman–Crippen MR) is 88.3 cm³/mol. The molecule has 0 aliphatic heterocycles. The first kappa shape index (κ1) is 17.3. The number of methoxy groups -OCH3 is 1. The summed E-state index contributed by atoms with van der Waals surface area (Å²) in [4.78, 5) is 20.5. The van der Waals surface area contributed by atoms with Gasteiger partial charge in [0.15, 0.2) is 0 Å². The molecule has 1 saturated carbocycles. The van der Waals surface area contributed by atoms with Crippen molar-refractivity contribution in [3.8, 4) is 5.75 Å². The molecule has 1 aliphatic rings. The Bertz CT molecular complexity index is 736. The van der Waals surface area contributed by atoms with E-state index in [1.54, 1.807) is 6.07 Å². The summed E-state index contributed by atoms with van der Waals surface area (Å²) < 4.78 is 19.1. The highest BCUT2D eigenvalue weighted by atomic mass is 19.1. The monoisotopic (exact) mass is 345 g/mol. The lowest BCUT2D eigenvalue weighted by Gasteiger charge is -2.38. The van der Waals surface area contributed by atoms with Crippen LogP contribution in [0.2, 0.25) is 0 Å². The molecule has 6 nitrogen and oxygen atoms in total. The second kappa shape index (κ2) is 7.57. The normalized spacial score (nSPS) is 20.4. The summed E-state index contributed by atoms with van der Waals surface area (Å²) in [6.07, 6.45) is 5.40. The number of halogens is 1. The van der Waals surface area contributed by atoms with Crippen LogP contribution in [0.5, 0.6) is 5.75 Å². The Morgan fingerprint density at radius 3 is 2.88 bits per heavy atom. The van der Waals surface area contributed by atoms with Gasteiger partial charge < -0.3 is 15.2 Å². The Morgan fingerprint density at radius 2 is 2.24 bits per heavy atom. The van der Waals surface area contributed by atoms with E-state index < -0.39 is 11.9 Å². The molecule has 1 atom stereocenters. The summed E-state index contributed by atoms with van der Waals surface area (Å²) in [5.41, 5.74) is 1.13. The fourth-order valence-electron chi connectivity index (χ4n) is 3.11. The zero-order valence-corrected chi connectivity index (χ0v) is 13.9. The van der Waals surface area contributed by atoms with Crippen LogP contribution in [0.15, 0.2) is 36.8 Å². The quantitative estimate of drug-likeness (QED) is 0.834. The molecule has 25 heavy (non-hydrogen) atoms. The number of aromatic nitrogens is 2. The highest BCUT2D eigenvalue weighted by molar-refractivity contribution is 5.78. The third-order valence-corrected chi connectivity index (χ3v) is 4.42. The van der Waals surface area contributed by atoms with Crippen molar-refractivity contribution < 1.29 is 19.0 Å². The van der Waals surface area contributed by atoms with E-state index in [1.165, 1.54) is 37.8 Å². The summed E-state index contributed by atoms with van der Waals surface area (Å²) in [7, 11) is 1.50. The van der Waals surface area contributed by atoms with Crippen molar-refractivity contribution in [3.05, 3.63) is 53.9 Å². The molecule has 1 aromatic carbocycles. The van der Waals surface area contributed by atoms with Crippen LogP contribution in [0.1, 0.15) is 30.1 Å². The minimum Gasteiger partial charge on any atom is -0.496 e. The first-order valence-corrected chi connectivity index (χ1v) is 8.12. The van der Waals surface area contributed by atoms with Crippen molar-refractivity contribution in [1.29, 1.82) is 0 Å². The first-order chi connectivity index (χ1) is 12.1. The lowest BCUT2D eigenvalue weighted by Crippen LogP contribution is -2.42. The van der Waals surface area contributed by atoms with E-state index in [-0.39, 0.29) is 24.3 Å². The topological polar surface area (TPSA) is 84.3 Å². The standard InChI is InChI=1S/C18H20FN3O3/c1-25-16-3-2-12(19)8-15(16)18(11-6-14(23)7-11)22-17(24)9-13-10-20-4-5-21-13/h2-5,8,10-11,14,18,23H,6-7,9H2,1H3,(H,22,24)/t11?,14?,18-/m1/s1. The molecule has 1 amide bonds. The largest absolute Gasteiger partial charge is 0.496 e. The van der Waals surface area contributed by atoms with E-state index in [1.807, 2.05) is 0 Å². The first-order valence-electron chi connectivity index (χ1n) is 8.12. The zero-order valence-electron chi connectivity index (χ0n) is 13.9. The highest BCUT2D eigenvalue weighted by Crippen LogP contribution is 2.41. The minimum absolute atomic E-state index is 0.0245. The van der Waals surface area contributed by atoms with Crippen molar-refractivity contribution in [2.24, 2.45) is 5.92 Å². The van der Waals surface area contributed by atoms with Crippen molar-refractivity contribution in [2.75, 3.05) is 7.11 Å². The SMILES string of the molecule is COc1ccc(F)cc1[C@H](NC(=O)Cc1cnccn1)C1CC(O)C1. The van der Waals surface area contributed by atoms with Crippen LogP contribution in [0.25, 0.3) is 0 Å². The molecule has 1 fully saturated rings. The summed E-state index contributed by atoms with van der Waals surface area (Å²) in [5.74, 6) is -0.105. The number of aliphatic hydroxyl groups is 1. The molecule has 0 saturated heterocycles. The summed E-state index contributed by atoms with van der Waals surface area (Å²) >= 11 is 0. The van der Waals surface area contributed by atoms with Gasteiger partial charge in [0, 0.05) is 24.2 Å². The van der Waals surface area contributed by atoms with Gasteiger partial charge >= 0.3 is 0 Å². The van der Waals surface area contributed by atoms with Crippen LogP contribution in [0.4, 0.5) is 4.39 Å². The molecular weight excluding hydrogens is 325 g/mol. The number of hydrogen-bond acceptors (Lipinski definition) is 5. The van der Waals surface area contributed by atoms with E-state index in [2.05, 4.69) is 15.3 Å². The Balaban J connectivity index is 1.81. The van der Waals surface area contributed by atoms with Gasteiger partial charge in [-0.05, 0) is 37.0 Å². The molecule has 2 aromatic rings. The number of ether oxygens (including phenoxy) is 1. The maximum absolute atomic E-state index is 13.8. The summed E-state index contributed by atoms with van der Waals surface area (Å²) in [5, 5.41) is 12.6. The molecule has 1 aliphatic carbocycles. The van der Waals surface area contributed by atoms with E-state index in [0.29, 0.717) is 29.8 Å². The molecule has 3 rings (SSSR count). The number of carbonyl (C=O) groups excluding carboxylic acids is 1. The Morgan fingerprint density at radius 1 is 1.44 bits per heavy atom. The van der Waals surface area contributed by atoms with Gasteiger partial charge in [-0.25, -0.2) is 4.39 Å². The molecule has 7 heteroatoms. The van der Waals surface area contributed by atoms with Crippen molar-refractivity contribution in [1.82, 2.24) is 15.3 Å². The Labute approximate surface area is 145 Å². The molecule has 0 unspecified atom stereocenters. The van der Waals surface area contributed by atoms with Gasteiger partial charge in [0.05, 0.1) is 31.4 Å². The molecule has 1 aromatic heterocycles. The average Bonchev–Trinajstić information content (AvgIpc) is 2.58. The van der Waals surface area contributed by atoms with Crippen LogP contribution in [0, 0.1) is 11.7 Å². The lowest BCUT2D eigenvalue weighted by atomic mass is 9.74. The minimum atomic E-state index is -0.432. The van der Waals surface area contributed by atoms with Gasteiger partial charge in [0.1, 0.15) is 11.6 Å². The Hall–Kier alpha value is -2.54. The second-order valence-electron chi connectivity index (χ2n) is 6.19. The molecule has 2 N–H and O–H groups in total. The maximum Gasteiger partial charge on any atom is 0.226 e. The number of amides is 1. The van der Waals surface area contributed by atoms with Gasteiger partial charge in [-0.1, -0.05) is 0 Å². The number of nitrogens with zero attached hydrogens (tertiary/aromatic N) is 2. The number of rotatable bonds is 6. The number of carbonyl (C=O) groups is 1. The predicted octanol–water partition coefficient (Wildman–Crippen LogP) is 1.80.